The van der Waals surface area contributed by atoms with E-state index in [1.54, 1.807) is 12.2 Å². The maximum Gasteiger partial charge on any atom is 0.340 e. The van der Waals surface area contributed by atoms with Gasteiger partial charge in [-0.2, -0.15) is 0 Å². The molecule has 0 aromatic heterocycles. The van der Waals surface area contributed by atoms with Crippen LogP contribution < -0.4 is 0 Å². The van der Waals surface area contributed by atoms with E-state index in [1.807, 2.05) is 12.2 Å². The van der Waals surface area contributed by atoms with Gasteiger partial charge < -0.3 is 0 Å². The molecule has 132 valence electrons. The van der Waals surface area contributed by atoms with E-state index in [1.165, 1.54) is 39.0 Å². The van der Waals surface area contributed by atoms with Gasteiger partial charge in [-0.15, -0.1) is 0 Å². The molecule has 1 heteroatoms. The average molecular weight is 359 g/mol. The standard InChI is InChI=1S/C27H18O/c28-22-15-11-21(12-16-22)27(25-17-13-19-7-3-1-5-9-23(19)25)26-18-14-20-8-4-2-6-10-24(20)26/h1-18H/p+1. The molecule has 1 nitrogen and oxygen atoms in total. The molecule has 0 saturated heterocycles. The quantitative estimate of drug-likeness (QED) is 0.371. The average Bonchev–Trinajstić information content (AvgIpc) is 3.09. The second kappa shape index (κ2) is 6.79. The zero-order chi connectivity index (χ0) is 18.9. The molecule has 0 aromatic carbocycles. The summed E-state index contributed by atoms with van der Waals surface area (Å²) in [7, 11) is 0. The largest absolute Gasteiger partial charge is 0.340 e. The number of hydrogen-bond acceptors (Lipinski definition) is 0. The van der Waals surface area contributed by atoms with E-state index >= 15 is 0 Å². The minimum Gasteiger partial charge on any atom is -0.274 e. The Bertz CT molecular complexity index is 1130. The lowest BCUT2D eigenvalue weighted by Crippen LogP contribution is -1.97. The Hall–Kier alpha value is -3.71. The van der Waals surface area contributed by atoms with E-state index in [2.05, 4.69) is 84.9 Å². The Morgan fingerprint density at radius 2 is 1.00 bits per heavy atom. The highest BCUT2D eigenvalue weighted by Crippen LogP contribution is 2.42. The zero-order valence-corrected chi connectivity index (χ0v) is 15.3. The second-order valence-corrected chi connectivity index (χ2v) is 6.98. The molecule has 0 atom stereocenters. The van der Waals surface area contributed by atoms with Crippen molar-refractivity contribution >= 4 is 11.4 Å². The molecule has 0 saturated carbocycles. The Balaban J connectivity index is 1.81. The van der Waals surface area contributed by atoms with Crippen LogP contribution >= 0.6 is 0 Å². The Labute approximate surface area is 164 Å². The monoisotopic (exact) mass is 359 g/mol. The fourth-order valence-corrected chi connectivity index (χ4v) is 3.95. The summed E-state index contributed by atoms with van der Waals surface area (Å²) in [5.41, 5.74) is 9.57. The van der Waals surface area contributed by atoms with Gasteiger partial charge in [0.25, 0.3) is 0 Å². The number of hydrogen-bond donors (Lipinski definition) is 0. The fraction of sp³-hybridized carbons (Fsp3) is 0. The predicted octanol–water partition coefficient (Wildman–Crippen LogP) is 6.37. The van der Waals surface area contributed by atoms with Crippen LogP contribution in [0.3, 0.4) is 0 Å². The Kier molecular flexibility index (Phi) is 3.99. The van der Waals surface area contributed by atoms with Gasteiger partial charge in [-0.25, -0.2) is 0 Å². The van der Waals surface area contributed by atoms with Crippen molar-refractivity contribution in [3.05, 3.63) is 126 Å². The molecular weight excluding hydrogens is 340 g/mol. The smallest absolute Gasteiger partial charge is 0.274 e. The summed E-state index contributed by atoms with van der Waals surface area (Å²) in [5, 5.41) is 0. The van der Waals surface area contributed by atoms with E-state index in [4.69, 9.17) is 0 Å². The Morgan fingerprint density at radius 3 is 1.54 bits per heavy atom. The molecular formula is C27H19O+. The minimum atomic E-state index is 0.278. The number of carbonyl (C=O) groups excluding carboxylic acids is 1. The lowest BCUT2D eigenvalue weighted by Gasteiger charge is -2.14. The van der Waals surface area contributed by atoms with Crippen LogP contribution in [-0.4, -0.2) is 10.6 Å². The van der Waals surface area contributed by atoms with Crippen LogP contribution in [0.5, 0.6) is 0 Å². The lowest BCUT2D eigenvalue weighted by molar-refractivity contribution is 0.683. The van der Waals surface area contributed by atoms with Crippen LogP contribution in [-0.2, 0) is 0 Å². The highest BCUT2D eigenvalue weighted by atomic mass is 16.1. The lowest BCUT2D eigenvalue weighted by atomic mass is 9.89. The molecule has 0 heterocycles. The molecule has 0 radical (unpaired) electrons. The molecule has 0 unspecified atom stereocenters. The molecule has 0 fully saturated rings. The van der Waals surface area contributed by atoms with Crippen LogP contribution in [0.15, 0.2) is 115 Å². The molecule has 5 aliphatic carbocycles. The van der Waals surface area contributed by atoms with Gasteiger partial charge in [-0.3, -0.25) is 4.79 Å². The van der Waals surface area contributed by atoms with E-state index in [9.17, 15) is 4.79 Å². The van der Waals surface area contributed by atoms with Crippen LogP contribution in [0, 0.1) is 0 Å². The normalized spacial score (nSPS) is 13.4. The van der Waals surface area contributed by atoms with Gasteiger partial charge in [0.05, 0.1) is 0 Å². The van der Waals surface area contributed by atoms with E-state index in [-0.39, 0.29) is 5.78 Å². The minimum absolute atomic E-state index is 0.278. The van der Waals surface area contributed by atoms with Crippen LogP contribution in [0.1, 0.15) is 11.1 Å². The van der Waals surface area contributed by atoms with Crippen molar-refractivity contribution in [1.29, 1.82) is 0 Å². The van der Waals surface area contributed by atoms with Crippen molar-refractivity contribution in [2.75, 3.05) is 0 Å². The first-order valence-electron chi connectivity index (χ1n) is 9.44. The van der Waals surface area contributed by atoms with Crippen molar-refractivity contribution in [2.45, 2.75) is 0 Å². The van der Waals surface area contributed by atoms with E-state index < -0.39 is 0 Å². The molecule has 5 aliphatic rings. The molecule has 1 N–H and O–H groups in total. The SMILES string of the molecule is [OH+]=C1C=CC(=C(c2ccc3cccccc2-3)c2ccc3cccccc2-3)C=C1. The van der Waals surface area contributed by atoms with Crippen molar-refractivity contribution in [3.8, 4) is 22.3 Å². The summed E-state index contributed by atoms with van der Waals surface area (Å²) in [6.07, 6.45) is 7.50. The number of ketones is 1. The Morgan fingerprint density at radius 1 is 0.500 bits per heavy atom. The molecule has 0 amide bonds. The summed E-state index contributed by atoms with van der Waals surface area (Å²) in [6, 6.07) is 29.8. The van der Waals surface area contributed by atoms with Crippen LogP contribution in [0.4, 0.5) is 0 Å². The molecule has 0 spiro atoms. The first-order valence-corrected chi connectivity index (χ1v) is 9.44. The van der Waals surface area contributed by atoms with Gasteiger partial charge in [-0.1, -0.05) is 84.9 Å². The van der Waals surface area contributed by atoms with E-state index in [0.29, 0.717) is 0 Å². The third-order valence-electron chi connectivity index (χ3n) is 5.28. The van der Waals surface area contributed by atoms with Crippen molar-refractivity contribution in [2.24, 2.45) is 0 Å². The van der Waals surface area contributed by atoms with Crippen molar-refractivity contribution in [1.82, 2.24) is 0 Å². The number of allylic oxidation sites excluding steroid dienone is 5. The van der Waals surface area contributed by atoms with Gasteiger partial charge in [0, 0.05) is 12.2 Å². The highest BCUT2D eigenvalue weighted by Gasteiger charge is 2.21. The van der Waals surface area contributed by atoms with Crippen LogP contribution in [0.2, 0.25) is 0 Å². The summed E-state index contributed by atoms with van der Waals surface area (Å²) in [5.74, 6) is 0.278. The first-order chi connectivity index (χ1) is 13.8. The predicted molar refractivity (Wildman–Crippen MR) is 117 cm³/mol. The first kappa shape index (κ1) is 16.5. The molecule has 28 heavy (non-hydrogen) atoms. The van der Waals surface area contributed by atoms with Gasteiger partial charge in [0.1, 0.15) is 0 Å². The third kappa shape index (κ3) is 2.78. The van der Waals surface area contributed by atoms with Gasteiger partial charge in [0.15, 0.2) is 0 Å². The molecule has 0 aromatic rings. The summed E-state index contributed by atoms with van der Waals surface area (Å²) >= 11 is 0. The highest BCUT2D eigenvalue weighted by molar-refractivity contribution is 6.05. The topological polar surface area (TPSA) is 21.4 Å². The number of rotatable bonds is 2. The number of fused-ring (bicyclic) bond motifs is 2. The summed E-state index contributed by atoms with van der Waals surface area (Å²) in [4.78, 5) is 9.80. The van der Waals surface area contributed by atoms with Gasteiger partial charge >= 0.3 is 5.78 Å². The maximum absolute atomic E-state index is 9.80. The zero-order valence-electron chi connectivity index (χ0n) is 15.3. The van der Waals surface area contributed by atoms with E-state index in [0.717, 1.165) is 5.57 Å². The third-order valence-corrected chi connectivity index (χ3v) is 5.28. The van der Waals surface area contributed by atoms with Crippen molar-refractivity contribution in [3.63, 3.8) is 0 Å². The second-order valence-electron chi connectivity index (χ2n) is 6.98. The molecule has 0 aliphatic heterocycles. The van der Waals surface area contributed by atoms with Crippen molar-refractivity contribution < 1.29 is 4.79 Å². The van der Waals surface area contributed by atoms with Gasteiger partial charge in [-0.05, 0) is 56.7 Å². The summed E-state index contributed by atoms with van der Waals surface area (Å²) < 4.78 is 0. The molecule has 0 bridgehead atoms. The van der Waals surface area contributed by atoms with Gasteiger partial charge in [0.2, 0.25) is 0 Å². The summed E-state index contributed by atoms with van der Waals surface area (Å²) in [6.45, 7) is 0. The van der Waals surface area contributed by atoms with Crippen LogP contribution in [0.25, 0.3) is 27.8 Å². The molecule has 5 rings (SSSR count). The fourth-order valence-electron chi connectivity index (χ4n) is 3.95. The maximum atomic E-state index is 9.80.